The van der Waals surface area contributed by atoms with E-state index in [0.717, 1.165) is 12.8 Å². The molecule has 2 amide bonds. The quantitative estimate of drug-likeness (QED) is 0.492. The largest absolute Gasteiger partial charge is 0.324 e. The van der Waals surface area contributed by atoms with Gasteiger partial charge in [-0.05, 0) is 6.42 Å². The summed E-state index contributed by atoms with van der Waals surface area (Å²) in [6, 6.07) is -0.385. The van der Waals surface area contributed by atoms with E-state index in [9.17, 15) is 9.59 Å². The predicted molar refractivity (Wildman–Crippen MR) is 85.2 cm³/mol. The normalized spacial score (nSPS) is 18.4. The van der Waals surface area contributed by atoms with E-state index in [1.165, 1.54) is 43.4 Å². The summed E-state index contributed by atoms with van der Waals surface area (Å²) in [5.41, 5.74) is 0. The molecule has 1 fully saturated rings. The van der Waals surface area contributed by atoms with Crippen LogP contribution in [0.3, 0.4) is 0 Å². The Kier molecular flexibility index (Phi) is 6.62. The van der Waals surface area contributed by atoms with Crippen LogP contribution in [-0.2, 0) is 9.59 Å². The number of aromatic nitrogens is 2. The molecule has 1 unspecified atom stereocenters. The molecule has 0 bridgehead atoms. The Labute approximate surface area is 132 Å². The predicted octanol–water partition coefficient (Wildman–Crippen LogP) is 3.32. The topological polar surface area (TPSA) is 55.2 Å². The van der Waals surface area contributed by atoms with Crippen LogP contribution in [0.5, 0.6) is 0 Å². The fourth-order valence-corrected chi connectivity index (χ4v) is 2.99. The van der Waals surface area contributed by atoms with Crippen molar-refractivity contribution in [3.63, 3.8) is 0 Å². The monoisotopic (exact) mass is 305 g/mol. The van der Waals surface area contributed by atoms with Gasteiger partial charge in [0.25, 0.3) is 5.91 Å². The minimum Gasteiger partial charge on any atom is -0.324 e. The van der Waals surface area contributed by atoms with E-state index in [-0.39, 0.29) is 24.3 Å². The zero-order chi connectivity index (χ0) is 15.8. The van der Waals surface area contributed by atoms with Crippen molar-refractivity contribution in [2.75, 3.05) is 6.54 Å². The van der Waals surface area contributed by atoms with Crippen molar-refractivity contribution >= 4 is 11.8 Å². The van der Waals surface area contributed by atoms with Crippen LogP contribution in [-0.4, -0.2) is 32.8 Å². The van der Waals surface area contributed by atoms with Crippen LogP contribution in [0, 0.1) is 0 Å². The van der Waals surface area contributed by atoms with Gasteiger partial charge in [-0.3, -0.25) is 14.5 Å². The molecular formula is C17H27N3O2. The van der Waals surface area contributed by atoms with Gasteiger partial charge in [-0.15, -0.1) is 0 Å². The average molecular weight is 305 g/mol. The van der Waals surface area contributed by atoms with E-state index >= 15 is 0 Å². The Bertz CT molecular complexity index is 470. The standard InChI is InChI=1S/C17H27N3O2/c1-2-3-4-5-6-7-8-9-11-20-16(21)13-15(17(20)22)19-12-10-18-14-19/h10,12,14-15H,2-9,11,13H2,1H3. The molecule has 1 saturated heterocycles. The fourth-order valence-electron chi connectivity index (χ4n) is 2.99. The molecule has 122 valence electrons. The first-order chi connectivity index (χ1) is 10.7. The molecule has 0 N–H and O–H groups in total. The molecule has 2 heterocycles. The van der Waals surface area contributed by atoms with Crippen molar-refractivity contribution in [2.45, 2.75) is 70.8 Å². The molecule has 5 heteroatoms. The van der Waals surface area contributed by atoms with Crippen LogP contribution in [0.2, 0.25) is 0 Å². The van der Waals surface area contributed by atoms with Gasteiger partial charge < -0.3 is 4.57 Å². The van der Waals surface area contributed by atoms with E-state index in [2.05, 4.69) is 11.9 Å². The first-order valence-corrected chi connectivity index (χ1v) is 8.55. The Morgan fingerprint density at radius 1 is 1.09 bits per heavy atom. The fraction of sp³-hybridized carbons (Fsp3) is 0.706. The molecule has 0 radical (unpaired) electrons. The van der Waals surface area contributed by atoms with Gasteiger partial charge in [0.15, 0.2) is 0 Å². The van der Waals surface area contributed by atoms with Gasteiger partial charge in [0.2, 0.25) is 5.91 Å². The van der Waals surface area contributed by atoms with Gasteiger partial charge in [-0.1, -0.05) is 51.9 Å². The molecule has 0 saturated carbocycles. The zero-order valence-corrected chi connectivity index (χ0v) is 13.5. The minimum atomic E-state index is -0.385. The van der Waals surface area contributed by atoms with Crippen molar-refractivity contribution in [1.82, 2.24) is 14.5 Å². The van der Waals surface area contributed by atoms with Crippen molar-refractivity contribution in [1.29, 1.82) is 0 Å². The molecule has 22 heavy (non-hydrogen) atoms. The lowest BCUT2D eigenvalue weighted by Crippen LogP contribution is -2.32. The summed E-state index contributed by atoms with van der Waals surface area (Å²) in [5, 5.41) is 0. The first-order valence-electron chi connectivity index (χ1n) is 8.55. The molecule has 1 atom stereocenters. The number of carbonyl (C=O) groups is 2. The average Bonchev–Trinajstić information content (AvgIpc) is 3.12. The summed E-state index contributed by atoms with van der Waals surface area (Å²) >= 11 is 0. The number of rotatable bonds is 10. The molecule has 1 aromatic heterocycles. The van der Waals surface area contributed by atoms with Crippen molar-refractivity contribution < 1.29 is 9.59 Å². The summed E-state index contributed by atoms with van der Waals surface area (Å²) in [6.45, 7) is 2.79. The molecule has 1 aliphatic rings. The van der Waals surface area contributed by atoms with E-state index < -0.39 is 0 Å². The molecular weight excluding hydrogens is 278 g/mol. The molecule has 1 aliphatic heterocycles. The Balaban J connectivity index is 1.66. The number of imidazole rings is 1. The van der Waals surface area contributed by atoms with Gasteiger partial charge in [0.1, 0.15) is 6.04 Å². The summed E-state index contributed by atoms with van der Waals surface area (Å²) < 4.78 is 1.73. The second-order valence-electron chi connectivity index (χ2n) is 6.09. The molecule has 0 aliphatic carbocycles. The van der Waals surface area contributed by atoms with Crippen LogP contribution in [0.25, 0.3) is 0 Å². The molecule has 5 nitrogen and oxygen atoms in total. The smallest absolute Gasteiger partial charge is 0.252 e. The van der Waals surface area contributed by atoms with E-state index in [4.69, 9.17) is 0 Å². The Morgan fingerprint density at radius 2 is 1.77 bits per heavy atom. The first kappa shape index (κ1) is 16.7. The van der Waals surface area contributed by atoms with E-state index in [1.807, 2.05) is 0 Å². The minimum absolute atomic E-state index is 0.0494. The van der Waals surface area contributed by atoms with Gasteiger partial charge in [-0.2, -0.15) is 0 Å². The number of imide groups is 1. The van der Waals surface area contributed by atoms with Gasteiger partial charge in [-0.25, -0.2) is 4.98 Å². The summed E-state index contributed by atoms with van der Waals surface area (Å²) in [7, 11) is 0. The van der Waals surface area contributed by atoms with Crippen molar-refractivity contribution in [2.24, 2.45) is 0 Å². The van der Waals surface area contributed by atoms with Crippen LogP contribution < -0.4 is 0 Å². The highest BCUT2D eigenvalue weighted by Gasteiger charge is 2.38. The van der Waals surface area contributed by atoms with Crippen LogP contribution in [0.15, 0.2) is 18.7 Å². The number of amides is 2. The maximum Gasteiger partial charge on any atom is 0.252 e. The zero-order valence-electron chi connectivity index (χ0n) is 13.5. The third-order valence-corrected chi connectivity index (χ3v) is 4.34. The van der Waals surface area contributed by atoms with E-state index in [1.54, 1.807) is 23.3 Å². The summed E-state index contributed by atoms with van der Waals surface area (Å²) in [4.78, 5) is 29.7. The highest BCUT2D eigenvalue weighted by molar-refractivity contribution is 6.04. The lowest BCUT2D eigenvalue weighted by atomic mass is 10.1. The summed E-state index contributed by atoms with van der Waals surface area (Å²) in [6.07, 6.45) is 15.0. The number of carbonyl (C=O) groups excluding carboxylic acids is 2. The third kappa shape index (κ3) is 4.42. The van der Waals surface area contributed by atoms with Gasteiger partial charge in [0, 0.05) is 18.9 Å². The number of hydrogen-bond donors (Lipinski definition) is 0. The molecule has 1 aromatic rings. The summed E-state index contributed by atoms with van der Waals surface area (Å²) in [5.74, 6) is -0.127. The van der Waals surface area contributed by atoms with Crippen molar-refractivity contribution in [3.05, 3.63) is 18.7 Å². The maximum atomic E-state index is 12.3. The lowest BCUT2D eigenvalue weighted by Gasteiger charge is -2.15. The maximum absolute atomic E-state index is 12.3. The van der Waals surface area contributed by atoms with Crippen LogP contribution >= 0.6 is 0 Å². The highest BCUT2D eigenvalue weighted by atomic mass is 16.2. The highest BCUT2D eigenvalue weighted by Crippen LogP contribution is 2.24. The number of hydrogen-bond acceptors (Lipinski definition) is 3. The Hall–Kier alpha value is -1.65. The number of unbranched alkanes of at least 4 members (excludes halogenated alkanes) is 7. The molecule has 2 rings (SSSR count). The van der Waals surface area contributed by atoms with Crippen molar-refractivity contribution in [3.8, 4) is 0 Å². The van der Waals surface area contributed by atoms with E-state index in [0.29, 0.717) is 6.54 Å². The Morgan fingerprint density at radius 3 is 2.41 bits per heavy atom. The van der Waals surface area contributed by atoms with Gasteiger partial charge >= 0.3 is 0 Å². The number of likely N-dealkylation sites (tertiary alicyclic amines) is 1. The van der Waals surface area contributed by atoms with Gasteiger partial charge in [0.05, 0.1) is 12.7 Å². The van der Waals surface area contributed by atoms with Crippen LogP contribution in [0.1, 0.15) is 70.8 Å². The van der Waals surface area contributed by atoms with Crippen LogP contribution in [0.4, 0.5) is 0 Å². The number of nitrogens with zero attached hydrogens (tertiary/aromatic N) is 3. The molecule has 0 spiro atoms. The second-order valence-corrected chi connectivity index (χ2v) is 6.09. The third-order valence-electron chi connectivity index (χ3n) is 4.34. The molecule has 0 aromatic carbocycles. The SMILES string of the molecule is CCCCCCCCCCN1C(=O)CC(n2ccnc2)C1=O. The second kappa shape index (κ2) is 8.71. The lowest BCUT2D eigenvalue weighted by molar-refractivity contribution is -0.139.